The normalized spacial score (nSPS) is 18.3. The zero-order chi connectivity index (χ0) is 24.3. The summed E-state index contributed by atoms with van der Waals surface area (Å²) in [7, 11) is 0. The number of esters is 1. The highest BCUT2D eigenvalue weighted by Crippen LogP contribution is 2.53. The molecular formula is C28H24N2O4S. The largest absolute Gasteiger partial charge is 0.455 e. The number of ether oxygens (including phenoxy) is 1. The average Bonchev–Trinajstić information content (AvgIpc) is 3.42. The first-order chi connectivity index (χ1) is 17.1. The first-order valence-electron chi connectivity index (χ1n) is 11.3. The molecule has 3 unspecified atom stereocenters. The Morgan fingerprint density at radius 2 is 1.43 bits per heavy atom. The lowest BCUT2D eigenvalue weighted by Crippen LogP contribution is -2.60. The van der Waals surface area contributed by atoms with Crippen LogP contribution in [0.15, 0.2) is 108 Å². The van der Waals surface area contributed by atoms with Gasteiger partial charge < -0.3 is 14.6 Å². The van der Waals surface area contributed by atoms with Gasteiger partial charge in [-0.15, -0.1) is 11.8 Å². The van der Waals surface area contributed by atoms with Gasteiger partial charge in [0.25, 0.3) is 0 Å². The highest BCUT2D eigenvalue weighted by atomic mass is 32.2. The molecular weight excluding hydrogens is 460 g/mol. The van der Waals surface area contributed by atoms with Crippen LogP contribution in [-0.4, -0.2) is 22.4 Å². The maximum Gasteiger partial charge on any atom is 0.303 e. The molecule has 1 aliphatic heterocycles. The lowest BCUT2D eigenvalue weighted by molar-refractivity contribution is -0.156. The standard InChI is InChI=1S/C28H24N2O4S/c1-19(31)34-25(23-17-18-33-30-23)24-26(32)29-27(24)35-28(20-11-5-2-6-12-20,21-13-7-3-8-14-21)22-15-9-4-10-16-22/h2-18,24-25,27H,1H3,(H,29,32). The maximum atomic E-state index is 12.9. The summed E-state index contributed by atoms with van der Waals surface area (Å²) in [6.45, 7) is 1.33. The number of nitrogens with zero attached hydrogens (tertiary/aromatic N) is 1. The number of aromatic nitrogens is 1. The first-order valence-corrected chi connectivity index (χ1v) is 12.2. The highest BCUT2D eigenvalue weighted by molar-refractivity contribution is 8.01. The Bertz CT molecular complexity index is 1180. The van der Waals surface area contributed by atoms with Gasteiger partial charge in [0.2, 0.25) is 5.91 Å². The molecule has 0 radical (unpaired) electrons. The number of benzene rings is 3. The third kappa shape index (κ3) is 4.35. The SMILES string of the molecule is CC(=O)OC(c1ccon1)C1C(=O)NC1SC(c1ccccc1)(c1ccccc1)c1ccccc1. The zero-order valence-electron chi connectivity index (χ0n) is 19.0. The summed E-state index contributed by atoms with van der Waals surface area (Å²) in [4.78, 5) is 24.8. The third-order valence-corrected chi connectivity index (χ3v) is 7.85. The van der Waals surface area contributed by atoms with Crippen LogP contribution in [0.1, 0.15) is 35.4 Å². The number of nitrogens with one attached hydrogen (secondary N) is 1. The second kappa shape index (κ2) is 9.80. The van der Waals surface area contributed by atoms with Crippen LogP contribution in [0, 0.1) is 5.92 Å². The number of β-lactam (4-membered cyclic amide) rings is 1. The molecule has 35 heavy (non-hydrogen) atoms. The van der Waals surface area contributed by atoms with Crippen LogP contribution in [0.4, 0.5) is 0 Å². The number of thioether (sulfide) groups is 1. The molecule has 176 valence electrons. The van der Waals surface area contributed by atoms with Gasteiger partial charge in [-0.1, -0.05) is 96.2 Å². The Kier molecular flexibility index (Phi) is 6.42. The number of carbonyl (C=O) groups is 2. The Labute approximate surface area is 207 Å². The smallest absolute Gasteiger partial charge is 0.303 e. The van der Waals surface area contributed by atoms with Crippen LogP contribution in [0.3, 0.4) is 0 Å². The van der Waals surface area contributed by atoms with Gasteiger partial charge in [0.1, 0.15) is 17.9 Å². The summed E-state index contributed by atoms with van der Waals surface area (Å²) < 4.78 is 9.96. The molecule has 1 aromatic heterocycles. The lowest BCUT2D eigenvalue weighted by atomic mass is 9.84. The summed E-state index contributed by atoms with van der Waals surface area (Å²) in [6.07, 6.45) is 0.560. The molecule has 3 atom stereocenters. The van der Waals surface area contributed by atoms with Crippen molar-refractivity contribution in [2.45, 2.75) is 23.1 Å². The molecule has 3 aromatic carbocycles. The number of rotatable bonds is 8. The van der Waals surface area contributed by atoms with Crippen molar-refractivity contribution in [2.75, 3.05) is 0 Å². The van der Waals surface area contributed by atoms with Crippen molar-refractivity contribution >= 4 is 23.6 Å². The molecule has 7 heteroatoms. The van der Waals surface area contributed by atoms with Crippen LogP contribution in [-0.2, 0) is 19.1 Å². The van der Waals surface area contributed by atoms with E-state index in [-0.39, 0.29) is 11.3 Å². The number of hydrogen-bond acceptors (Lipinski definition) is 6. The van der Waals surface area contributed by atoms with Gasteiger partial charge in [-0.25, -0.2) is 0 Å². The second-order valence-corrected chi connectivity index (χ2v) is 9.66. The fraction of sp³-hybridized carbons (Fsp3) is 0.179. The summed E-state index contributed by atoms with van der Waals surface area (Å²) in [5, 5.41) is 6.66. The molecule has 0 spiro atoms. The fourth-order valence-electron chi connectivity index (χ4n) is 4.54. The molecule has 1 N–H and O–H groups in total. The summed E-state index contributed by atoms with van der Waals surface area (Å²) in [5.41, 5.74) is 3.64. The lowest BCUT2D eigenvalue weighted by Gasteiger charge is -2.45. The van der Waals surface area contributed by atoms with E-state index in [0.717, 1.165) is 16.7 Å². The molecule has 0 aliphatic carbocycles. The van der Waals surface area contributed by atoms with E-state index >= 15 is 0 Å². The molecule has 1 saturated heterocycles. The van der Waals surface area contributed by atoms with Crippen molar-refractivity contribution < 1.29 is 18.8 Å². The molecule has 1 aliphatic rings. The minimum atomic E-state index is -0.850. The van der Waals surface area contributed by atoms with Gasteiger partial charge >= 0.3 is 5.97 Å². The van der Waals surface area contributed by atoms with Gasteiger partial charge in [-0.3, -0.25) is 9.59 Å². The van der Waals surface area contributed by atoms with Crippen molar-refractivity contribution in [3.8, 4) is 0 Å². The third-order valence-electron chi connectivity index (χ3n) is 6.13. The molecule has 0 saturated carbocycles. The zero-order valence-corrected chi connectivity index (χ0v) is 19.9. The minimum Gasteiger partial charge on any atom is -0.455 e. The molecule has 6 nitrogen and oxygen atoms in total. The summed E-state index contributed by atoms with van der Waals surface area (Å²) in [6, 6.07) is 32.3. The number of hydrogen-bond donors (Lipinski definition) is 1. The van der Waals surface area contributed by atoms with Crippen LogP contribution >= 0.6 is 11.8 Å². The van der Waals surface area contributed by atoms with Gasteiger partial charge in [-0.2, -0.15) is 0 Å². The molecule has 1 amide bonds. The Balaban J connectivity index is 1.63. The fourth-order valence-corrected chi connectivity index (χ4v) is 6.33. The van der Waals surface area contributed by atoms with Gasteiger partial charge in [0.15, 0.2) is 6.10 Å². The molecule has 5 rings (SSSR count). The van der Waals surface area contributed by atoms with Crippen LogP contribution in [0.2, 0.25) is 0 Å². The first kappa shape index (κ1) is 22.9. The molecule has 2 heterocycles. The highest BCUT2D eigenvalue weighted by Gasteiger charge is 2.52. The van der Waals surface area contributed by atoms with Gasteiger partial charge in [0, 0.05) is 13.0 Å². The monoisotopic (exact) mass is 484 g/mol. The predicted octanol–water partition coefficient (Wildman–Crippen LogP) is 5.08. The van der Waals surface area contributed by atoms with Crippen LogP contribution in [0.25, 0.3) is 0 Å². The van der Waals surface area contributed by atoms with Crippen molar-refractivity contribution in [1.29, 1.82) is 0 Å². The van der Waals surface area contributed by atoms with Crippen molar-refractivity contribution in [1.82, 2.24) is 10.5 Å². The summed E-state index contributed by atoms with van der Waals surface area (Å²) >= 11 is 1.62. The van der Waals surface area contributed by atoms with E-state index in [1.54, 1.807) is 17.8 Å². The van der Waals surface area contributed by atoms with E-state index in [4.69, 9.17) is 9.26 Å². The van der Waals surface area contributed by atoms with E-state index in [0.29, 0.717) is 5.69 Å². The van der Waals surface area contributed by atoms with Gasteiger partial charge in [-0.05, 0) is 16.7 Å². The molecule has 1 fully saturated rings. The van der Waals surface area contributed by atoms with Crippen LogP contribution < -0.4 is 5.32 Å². The van der Waals surface area contributed by atoms with E-state index in [1.807, 2.05) is 54.6 Å². The maximum absolute atomic E-state index is 12.9. The van der Waals surface area contributed by atoms with Crippen molar-refractivity contribution in [3.05, 3.63) is 126 Å². The van der Waals surface area contributed by atoms with E-state index < -0.39 is 22.7 Å². The number of carbonyl (C=O) groups excluding carboxylic acids is 2. The minimum absolute atomic E-state index is 0.195. The topological polar surface area (TPSA) is 81.4 Å². The molecule has 4 aromatic rings. The number of amides is 1. The average molecular weight is 485 g/mol. The van der Waals surface area contributed by atoms with Crippen LogP contribution in [0.5, 0.6) is 0 Å². The van der Waals surface area contributed by atoms with E-state index in [1.165, 1.54) is 13.2 Å². The Morgan fingerprint density at radius 3 is 1.83 bits per heavy atom. The summed E-state index contributed by atoms with van der Waals surface area (Å²) in [5.74, 6) is -1.31. The second-order valence-electron chi connectivity index (χ2n) is 8.31. The quantitative estimate of drug-likeness (QED) is 0.214. The predicted molar refractivity (Wildman–Crippen MR) is 133 cm³/mol. The Hall–Kier alpha value is -3.84. The van der Waals surface area contributed by atoms with Gasteiger partial charge in [0.05, 0.1) is 10.1 Å². The van der Waals surface area contributed by atoms with E-state index in [2.05, 4.69) is 46.9 Å². The Morgan fingerprint density at radius 1 is 0.914 bits per heavy atom. The van der Waals surface area contributed by atoms with Crippen molar-refractivity contribution in [2.24, 2.45) is 5.92 Å². The van der Waals surface area contributed by atoms with E-state index in [9.17, 15) is 9.59 Å². The van der Waals surface area contributed by atoms with Crippen molar-refractivity contribution in [3.63, 3.8) is 0 Å². The molecule has 0 bridgehead atoms.